The molecule has 2 rings (SSSR count). The van der Waals surface area contributed by atoms with E-state index in [0.717, 1.165) is 30.3 Å². The largest absolute Gasteiger partial charge is 0.484 e. The average molecular weight is 272 g/mol. The predicted molar refractivity (Wildman–Crippen MR) is 79.8 cm³/mol. The molecule has 1 amide bonds. The van der Waals surface area contributed by atoms with Crippen LogP contribution in [0.3, 0.4) is 0 Å². The summed E-state index contributed by atoms with van der Waals surface area (Å²) in [6, 6.07) is 9.51. The zero-order valence-electron chi connectivity index (χ0n) is 12.0. The van der Waals surface area contributed by atoms with E-state index in [2.05, 4.69) is 11.9 Å². The van der Waals surface area contributed by atoms with Gasteiger partial charge in [-0.3, -0.25) is 9.78 Å². The molecule has 1 aromatic carbocycles. The molecular weight excluding hydrogens is 252 g/mol. The summed E-state index contributed by atoms with van der Waals surface area (Å²) in [6.07, 6.45) is 3.86. The van der Waals surface area contributed by atoms with Crippen molar-refractivity contribution in [3.63, 3.8) is 0 Å². The van der Waals surface area contributed by atoms with Gasteiger partial charge in [0.25, 0.3) is 5.91 Å². The monoisotopic (exact) mass is 272 g/mol. The Labute approximate surface area is 119 Å². The van der Waals surface area contributed by atoms with Crippen LogP contribution < -0.4 is 4.74 Å². The fraction of sp³-hybridized carbons (Fsp3) is 0.375. The highest BCUT2D eigenvalue weighted by molar-refractivity contribution is 5.80. The lowest BCUT2D eigenvalue weighted by molar-refractivity contribution is -0.132. The van der Waals surface area contributed by atoms with Crippen molar-refractivity contribution in [2.75, 3.05) is 20.2 Å². The number of likely N-dealkylation sites (N-methyl/N-ethyl adjacent to an activating group) is 1. The maximum absolute atomic E-state index is 11.9. The van der Waals surface area contributed by atoms with E-state index in [9.17, 15) is 4.79 Å². The van der Waals surface area contributed by atoms with Gasteiger partial charge in [-0.2, -0.15) is 0 Å². The minimum Gasteiger partial charge on any atom is -0.484 e. The molecule has 0 saturated heterocycles. The van der Waals surface area contributed by atoms with Gasteiger partial charge in [0, 0.05) is 25.2 Å². The fourth-order valence-corrected chi connectivity index (χ4v) is 1.92. The quantitative estimate of drug-likeness (QED) is 0.812. The standard InChI is InChI=1S/C16H20N2O2/c1-3-4-10-18(2)16(19)12-20-14-7-8-15-13(11-14)6-5-9-17-15/h5-9,11H,3-4,10,12H2,1-2H3. The van der Waals surface area contributed by atoms with Crippen molar-refractivity contribution in [1.82, 2.24) is 9.88 Å². The molecule has 0 spiro atoms. The minimum atomic E-state index is 0.00438. The molecule has 0 fully saturated rings. The van der Waals surface area contributed by atoms with Crippen LogP contribution in [0.5, 0.6) is 5.75 Å². The lowest BCUT2D eigenvalue weighted by Gasteiger charge is -2.17. The third-order valence-corrected chi connectivity index (χ3v) is 3.21. The Morgan fingerprint density at radius 1 is 1.35 bits per heavy atom. The maximum atomic E-state index is 11.9. The molecule has 106 valence electrons. The molecule has 0 radical (unpaired) electrons. The Morgan fingerprint density at radius 2 is 2.20 bits per heavy atom. The first kappa shape index (κ1) is 14.3. The molecule has 20 heavy (non-hydrogen) atoms. The molecule has 0 atom stereocenters. The number of amides is 1. The van der Waals surface area contributed by atoms with Crippen molar-refractivity contribution in [3.8, 4) is 5.75 Å². The minimum absolute atomic E-state index is 0.00438. The van der Waals surface area contributed by atoms with Crippen molar-refractivity contribution in [1.29, 1.82) is 0 Å². The van der Waals surface area contributed by atoms with Crippen molar-refractivity contribution in [2.24, 2.45) is 0 Å². The van der Waals surface area contributed by atoms with Gasteiger partial charge in [0.1, 0.15) is 5.75 Å². The summed E-state index contributed by atoms with van der Waals surface area (Å²) >= 11 is 0. The molecule has 0 N–H and O–H groups in total. The Morgan fingerprint density at radius 3 is 3.00 bits per heavy atom. The molecule has 0 saturated carbocycles. The number of fused-ring (bicyclic) bond motifs is 1. The fourth-order valence-electron chi connectivity index (χ4n) is 1.92. The molecule has 0 aliphatic carbocycles. The Bertz CT molecular complexity index is 583. The second-order valence-electron chi connectivity index (χ2n) is 4.82. The number of carbonyl (C=O) groups is 1. The summed E-state index contributed by atoms with van der Waals surface area (Å²) in [4.78, 5) is 17.8. The summed E-state index contributed by atoms with van der Waals surface area (Å²) < 4.78 is 5.56. The van der Waals surface area contributed by atoms with E-state index in [0.29, 0.717) is 5.75 Å². The van der Waals surface area contributed by atoms with Crippen molar-refractivity contribution < 1.29 is 9.53 Å². The van der Waals surface area contributed by atoms with Gasteiger partial charge in [0.2, 0.25) is 0 Å². The van der Waals surface area contributed by atoms with E-state index in [4.69, 9.17) is 4.74 Å². The van der Waals surface area contributed by atoms with Gasteiger partial charge in [0.05, 0.1) is 5.52 Å². The summed E-state index contributed by atoms with van der Waals surface area (Å²) in [5, 5.41) is 1.01. The molecule has 4 nitrogen and oxygen atoms in total. The van der Waals surface area contributed by atoms with E-state index >= 15 is 0 Å². The second-order valence-corrected chi connectivity index (χ2v) is 4.82. The smallest absolute Gasteiger partial charge is 0.260 e. The first-order valence-corrected chi connectivity index (χ1v) is 6.92. The number of hydrogen-bond acceptors (Lipinski definition) is 3. The molecule has 1 heterocycles. The molecule has 0 aliphatic rings. The van der Waals surface area contributed by atoms with E-state index in [1.165, 1.54) is 0 Å². The summed E-state index contributed by atoms with van der Waals surface area (Å²) in [7, 11) is 1.81. The predicted octanol–water partition coefficient (Wildman–Crippen LogP) is 2.87. The van der Waals surface area contributed by atoms with E-state index in [1.54, 1.807) is 11.1 Å². The number of aromatic nitrogens is 1. The van der Waals surface area contributed by atoms with E-state index < -0.39 is 0 Å². The van der Waals surface area contributed by atoms with Gasteiger partial charge in [-0.15, -0.1) is 0 Å². The second kappa shape index (κ2) is 6.89. The van der Waals surface area contributed by atoms with Crippen molar-refractivity contribution in [2.45, 2.75) is 19.8 Å². The number of rotatable bonds is 6. The number of pyridine rings is 1. The summed E-state index contributed by atoms with van der Waals surface area (Å²) in [5.74, 6) is 0.701. The van der Waals surface area contributed by atoms with Crippen LogP contribution >= 0.6 is 0 Å². The third kappa shape index (κ3) is 3.70. The van der Waals surface area contributed by atoms with Gasteiger partial charge in [-0.1, -0.05) is 19.4 Å². The molecule has 0 unspecified atom stereocenters. The number of hydrogen-bond donors (Lipinski definition) is 0. The number of ether oxygens (including phenoxy) is 1. The Kier molecular flexibility index (Phi) is 4.93. The van der Waals surface area contributed by atoms with Crippen molar-refractivity contribution in [3.05, 3.63) is 36.5 Å². The van der Waals surface area contributed by atoms with Crippen LogP contribution in [-0.4, -0.2) is 36.0 Å². The highest BCUT2D eigenvalue weighted by atomic mass is 16.5. The van der Waals surface area contributed by atoms with Crippen LogP contribution in [0.4, 0.5) is 0 Å². The normalized spacial score (nSPS) is 10.5. The SMILES string of the molecule is CCCCN(C)C(=O)COc1ccc2ncccc2c1. The van der Waals surface area contributed by atoms with Gasteiger partial charge in [-0.05, 0) is 30.7 Å². The molecule has 4 heteroatoms. The number of carbonyl (C=O) groups excluding carboxylic acids is 1. The highest BCUT2D eigenvalue weighted by Crippen LogP contribution is 2.18. The lowest BCUT2D eigenvalue weighted by atomic mass is 10.2. The van der Waals surface area contributed by atoms with Crippen molar-refractivity contribution >= 4 is 16.8 Å². The van der Waals surface area contributed by atoms with Crippen LogP contribution in [0.25, 0.3) is 10.9 Å². The molecule has 2 aromatic rings. The first-order chi connectivity index (χ1) is 9.70. The molecule has 1 aromatic heterocycles. The number of unbranched alkanes of at least 4 members (excludes halogenated alkanes) is 1. The Balaban J connectivity index is 1.93. The lowest BCUT2D eigenvalue weighted by Crippen LogP contribution is -2.32. The van der Waals surface area contributed by atoms with Crippen LogP contribution in [0.1, 0.15) is 19.8 Å². The van der Waals surface area contributed by atoms with Gasteiger partial charge in [-0.25, -0.2) is 0 Å². The van der Waals surface area contributed by atoms with Crippen LogP contribution in [0.2, 0.25) is 0 Å². The summed E-state index contributed by atoms with van der Waals surface area (Å²) in [6.45, 7) is 2.96. The van der Waals surface area contributed by atoms with E-state index in [-0.39, 0.29) is 12.5 Å². The van der Waals surface area contributed by atoms with Crippen LogP contribution in [0, 0.1) is 0 Å². The maximum Gasteiger partial charge on any atom is 0.260 e. The summed E-state index contributed by atoms with van der Waals surface area (Å²) in [5.41, 5.74) is 0.922. The number of nitrogens with zero attached hydrogens (tertiary/aromatic N) is 2. The Hall–Kier alpha value is -2.10. The molecule has 0 aliphatic heterocycles. The topological polar surface area (TPSA) is 42.4 Å². The average Bonchev–Trinajstić information content (AvgIpc) is 2.50. The van der Waals surface area contributed by atoms with Gasteiger partial charge in [0.15, 0.2) is 6.61 Å². The number of benzene rings is 1. The zero-order valence-corrected chi connectivity index (χ0v) is 12.0. The molecule has 0 bridgehead atoms. The molecular formula is C16H20N2O2. The van der Waals surface area contributed by atoms with Gasteiger partial charge >= 0.3 is 0 Å². The first-order valence-electron chi connectivity index (χ1n) is 6.92. The van der Waals surface area contributed by atoms with Crippen LogP contribution in [-0.2, 0) is 4.79 Å². The third-order valence-electron chi connectivity index (χ3n) is 3.21. The highest BCUT2D eigenvalue weighted by Gasteiger charge is 2.09. The van der Waals surface area contributed by atoms with Crippen LogP contribution in [0.15, 0.2) is 36.5 Å². The van der Waals surface area contributed by atoms with Gasteiger partial charge < -0.3 is 9.64 Å². The van der Waals surface area contributed by atoms with E-state index in [1.807, 2.05) is 37.4 Å². The zero-order chi connectivity index (χ0) is 14.4.